The van der Waals surface area contributed by atoms with Crippen molar-refractivity contribution in [3.8, 4) is 0 Å². The Bertz CT molecular complexity index is 733. The maximum absolute atomic E-state index is 12.3. The molecular weight excluding hydrogens is 288 g/mol. The topological polar surface area (TPSA) is 73.1 Å². The first-order valence-corrected chi connectivity index (χ1v) is 8.68. The number of hydrogen-bond acceptors (Lipinski definition) is 5. The van der Waals surface area contributed by atoms with Crippen LogP contribution in [0, 0.1) is 13.8 Å². The number of sulfone groups is 1. The van der Waals surface area contributed by atoms with Gasteiger partial charge >= 0.3 is 0 Å². The van der Waals surface area contributed by atoms with Gasteiger partial charge in [0.15, 0.2) is 15.7 Å². The van der Waals surface area contributed by atoms with E-state index in [0.717, 1.165) is 16.7 Å². The molecule has 0 N–H and O–H groups in total. The molecule has 2 aromatic rings. The zero-order chi connectivity index (χ0) is 15.6. The van der Waals surface area contributed by atoms with E-state index >= 15 is 0 Å². The average molecular weight is 308 g/mol. The Labute approximate surface area is 125 Å². The van der Waals surface area contributed by atoms with Gasteiger partial charge in [0.05, 0.1) is 5.75 Å². The Morgan fingerprint density at radius 2 is 1.90 bits per heavy atom. The first-order valence-electron chi connectivity index (χ1n) is 6.86. The normalized spacial score (nSPS) is 12.0. The molecule has 0 aliphatic rings. The molecule has 21 heavy (non-hydrogen) atoms. The zero-order valence-corrected chi connectivity index (χ0v) is 13.6. The van der Waals surface area contributed by atoms with E-state index in [0.29, 0.717) is 5.82 Å². The van der Waals surface area contributed by atoms with E-state index in [-0.39, 0.29) is 23.3 Å². The summed E-state index contributed by atoms with van der Waals surface area (Å²) in [7, 11) is -3.34. The lowest BCUT2D eigenvalue weighted by Gasteiger charge is -2.07. The fraction of sp³-hybridized carbons (Fsp3) is 0.467. The molecule has 2 rings (SSSR count). The molecule has 114 valence electrons. The quantitative estimate of drug-likeness (QED) is 0.849. The van der Waals surface area contributed by atoms with Gasteiger partial charge in [-0.3, -0.25) is 0 Å². The van der Waals surface area contributed by atoms with E-state index in [4.69, 9.17) is 4.52 Å². The summed E-state index contributed by atoms with van der Waals surface area (Å²) in [5.41, 5.74) is 2.84. The van der Waals surface area contributed by atoms with Crippen LogP contribution >= 0.6 is 0 Å². The lowest BCUT2D eigenvalue weighted by molar-refractivity contribution is 0.380. The highest BCUT2D eigenvalue weighted by Gasteiger charge is 2.19. The molecule has 0 unspecified atom stereocenters. The minimum atomic E-state index is -3.34. The second-order valence-electron chi connectivity index (χ2n) is 5.66. The Kier molecular flexibility index (Phi) is 4.46. The number of hydrogen-bond donors (Lipinski definition) is 0. The lowest BCUT2D eigenvalue weighted by atomic mass is 10.1. The average Bonchev–Trinajstić information content (AvgIpc) is 2.81. The van der Waals surface area contributed by atoms with Crippen molar-refractivity contribution in [2.24, 2.45) is 0 Å². The molecule has 0 saturated heterocycles. The molecule has 0 aliphatic heterocycles. The monoisotopic (exact) mass is 308 g/mol. The van der Waals surface area contributed by atoms with E-state index in [1.807, 2.05) is 45.9 Å². The zero-order valence-electron chi connectivity index (χ0n) is 12.8. The number of benzene rings is 1. The third-order valence-electron chi connectivity index (χ3n) is 3.22. The van der Waals surface area contributed by atoms with Crippen molar-refractivity contribution in [1.29, 1.82) is 0 Å². The number of rotatable bonds is 5. The number of aryl methyl sites for hydroxylation is 2. The summed E-state index contributed by atoms with van der Waals surface area (Å²) in [6.07, 6.45) is 0. The molecule has 0 radical (unpaired) electrons. The van der Waals surface area contributed by atoms with Crippen molar-refractivity contribution >= 4 is 9.84 Å². The van der Waals surface area contributed by atoms with Crippen LogP contribution in [-0.2, 0) is 21.3 Å². The van der Waals surface area contributed by atoms with Gasteiger partial charge < -0.3 is 4.52 Å². The molecule has 0 amide bonds. The number of aromatic nitrogens is 2. The van der Waals surface area contributed by atoms with E-state index in [9.17, 15) is 8.42 Å². The maximum Gasteiger partial charge on any atom is 0.241 e. The molecule has 0 fully saturated rings. The van der Waals surface area contributed by atoms with Crippen LogP contribution in [0.4, 0.5) is 0 Å². The minimum absolute atomic E-state index is 0.0140. The molecule has 5 nitrogen and oxygen atoms in total. The van der Waals surface area contributed by atoms with Gasteiger partial charge in [-0.05, 0) is 25.0 Å². The summed E-state index contributed by atoms with van der Waals surface area (Å²) >= 11 is 0. The summed E-state index contributed by atoms with van der Waals surface area (Å²) < 4.78 is 29.6. The molecule has 0 spiro atoms. The molecule has 1 aromatic carbocycles. The third-order valence-corrected chi connectivity index (χ3v) is 4.66. The van der Waals surface area contributed by atoms with Crippen LogP contribution in [0.1, 0.15) is 48.2 Å². The fourth-order valence-electron chi connectivity index (χ4n) is 1.99. The summed E-state index contributed by atoms with van der Waals surface area (Å²) in [6, 6.07) is 5.81. The van der Waals surface area contributed by atoms with Crippen molar-refractivity contribution in [2.45, 2.75) is 45.1 Å². The smallest absolute Gasteiger partial charge is 0.241 e. The molecule has 0 aliphatic carbocycles. The Morgan fingerprint density at radius 3 is 2.52 bits per heavy atom. The molecule has 6 heteroatoms. The van der Waals surface area contributed by atoms with Crippen LogP contribution in [0.2, 0.25) is 0 Å². The highest BCUT2D eigenvalue weighted by atomic mass is 32.2. The lowest BCUT2D eigenvalue weighted by Crippen LogP contribution is -2.09. The molecule has 0 saturated carbocycles. The summed E-state index contributed by atoms with van der Waals surface area (Å²) in [4.78, 5) is 4.12. The van der Waals surface area contributed by atoms with Gasteiger partial charge in [0.1, 0.15) is 5.75 Å². The second kappa shape index (κ2) is 5.97. The van der Waals surface area contributed by atoms with E-state index in [2.05, 4.69) is 10.1 Å². The Morgan fingerprint density at radius 1 is 1.19 bits per heavy atom. The van der Waals surface area contributed by atoms with Gasteiger partial charge in [-0.2, -0.15) is 4.98 Å². The van der Waals surface area contributed by atoms with Gasteiger partial charge in [-0.25, -0.2) is 8.42 Å². The van der Waals surface area contributed by atoms with Crippen LogP contribution in [0.5, 0.6) is 0 Å². The second-order valence-corrected chi connectivity index (χ2v) is 7.73. The maximum atomic E-state index is 12.3. The minimum Gasteiger partial charge on any atom is -0.338 e. The van der Waals surface area contributed by atoms with Crippen molar-refractivity contribution < 1.29 is 12.9 Å². The number of nitrogens with zero attached hydrogens (tertiary/aromatic N) is 2. The molecular formula is C15H20N2O3S. The van der Waals surface area contributed by atoms with Crippen LogP contribution in [0.25, 0.3) is 0 Å². The van der Waals surface area contributed by atoms with Crippen molar-refractivity contribution in [3.05, 3.63) is 46.6 Å². The molecule has 0 atom stereocenters. The Hall–Kier alpha value is -1.69. The first-order chi connectivity index (χ1) is 9.77. The van der Waals surface area contributed by atoms with Gasteiger partial charge in [0.25, 0.3) is 0 Å². The van der Waals surface area contributed by atoms with Crippen molar-refractivity contribution in [1.82, 2.24) is 10.1 Å². The SMILES string of the molecule is Cc1ccc(C)c(CS(=O)(=O)Cc2nc(C(C)C)no2)c1. The standard InChI is InChI=1S/C15H20N2O3S/c1-10(2)15-16-14(20-17-15)9-21(18,19)8-13-7-11(3)5-6-12(13)4/h5-7,10H,8-9H2,1-4H3. The molecule has 1 aromatic heterocycles. The summed E-state index contributed by atoms with van der Waals surface area (Å²) in [6.45, 7) is 7.72. The molecule has 0 bridgehead atoms. The van der Waals surface area contributed by atoms with Gasteiger partial charge in [-0.15, -0.1) is 0 Å². The van der Waals surface area contributed by atoms with Gasteiger partial charge in [-0.1, -0.05) is 42.8 Å². The predicted molar refractivity (Wildman–Crippen MR) is 80.6 cm³/mol. The van der Waals surface area contributed by atoms with E-state index in [1.54, 1.807) is 0 Å². The van der Waals surface area contributed by atoms with Gasteiger partial charge in [0.2, 0.25) is 5.89 Å². The molecule has 1 heterocycles. The van der Waals surface area contributed by atoms with Crippen molar-refractivity contribution in [2.75, 3.05) is 0 Å². The van der Waals surface area contributed by atoms with Crippen LogP contribution in [0.15, 0.2) is 22.7 Å². The highest BCUT2D eigenvalue weighted by Crippen LogP contribution is 2.17. The van der Waals surface area contributed by atoms with Crippen LogP contribution < -0.4 is 0 Å². The third kappa shape index (κ3) is 4.14. The largest absolute Gasteiger partial charge is 0.338 e. The van der Waals surface area contributed by atoms with Crippen LogP contribution in [-0.4, -0.2) is 18.6 Å². The summed E-state index contributed by atoms with van der Waals surface area (Å²) in [5, 5.41) is 3.79. The Balaban J connectivity index is 2.16. The van der Waals surface area contributed by atoms with E-state index in [1.165, 1.54) is 0 Å². The first kappa shape index (κ1) is 15.7. The predicted octanol–water partition coefficient (Wildman–Crippen LogP) is 2.92. The van der Waals surface area contributed by atoms with Gasteiger partial charge in [0, 0.05) is 5.92 Å². The summed E-state index contributed by atoms with van der Waals surface area (Å²) in [5.74, 6) is 0.570. The van der Waals surface area contributed by atoms with Crippen LogP contribution in [0.3, 0.4) is 0 Å². The highest BCUT2D eigenvalue weighted by molar-refractivity contribution is 7.89. The fourth-order valence-corrected chi connectivity index (χ4v) is 3.37. The van der Waals surface area contributed by atoms with E-state index < -0.39 is 9.84 Å². The van der Waals surface area contributed by atoms with Crippen molar-refractivity contribution in [3.63, 3.8) is 0 Å².